The van der Waals surface area contributed by atoms with Crippen LogP contribution in [0.4, 0.5) is 13.6 Å². The van der Waals surface area contributed by atoms with E-state index in [0.29, 0.717) is 0 Å². The first kappa shape index (κ1) is 16.7. The van der Waals surface area contributed by atoms with Crippen molar-refractivity contribution in [1.82, 2.24) is 10.2 Å². The SMILES string of the molecule is C[C@@H]1CC(F)(F)CN1C(=O)[C@@H](C)NC(=O)OC(C)(C)C. The Hall–Kier alpha value is -1.40. The molecule has 1 aliphatic heterocycles. The number of hydrogen-bond acceptors (Lipinski definition) is 3. The van der Waals surface area contributed by atoms with E-state index >= 15 is 0 Å². The summed E-state index contributed by atoms with van der Waals surface area (Å²) in [7, 11) is 0. The maximum Gasteiger partial charge on any atom is 0.408 e. The lowest BCUT2D eigenvalue weighted by Crippen LogP contribution is -2.49. The topological polar surface area (TPSA) is 58.6 Å². The number of halogens is 2. The molecule has 1 heterocycles. The Labute approximate surface area is 117 Å². The van der Waals surface area contributed by atoms with Crippen LogP contribution < -0.4 is 5.32 Å². The first-order chi connectivity index (χ1) is 8.91. The van der Waals surface area contributed by atoms with Gasteiger partial charge in [0.25, 0.3) is 5.92 Å². The van der Waals surface area contributed by atoms with Crippen molar-refractivity contribution >= 4 is 12.0 Å². The molecule has 0 radical (unpaired) electrons. The molecule has 7 heteroatoms. The Bertz CT molecular complexity index is 394. The number of nitrogens with one attached hydrogen (secondary N) is 1. The molecule has 5 nitrogen and oxygen atoms in total. The number of amides is 2. The highest BCUT2D eigenvalue weighted by atomic mass is 19.3. The molecule has 0 spiro atoms. The summed E-state index contributed by atoms with van der Waals surface area (Å²) in [5, 5.41) is 2.36. The zero-order chi connectivity index (χ0) is 15.7. The van der Waals surface area contributed by atoms with Crippen molar-refractivity contribution in [3.8, 4) is 0 Å². The minimum atomic E-state index is -2.86. The van der Waals surface area contributed by atoms with Crippen molar-refractivity contribution in [2.24, 2.45) is 0 Å². The number of alkyl carbamates (subject to hydrolysis) is 1. The number of nitrogens with zero attached hydrogens (tertiary/aromatic N) is 1. The fourth-order valence-electron chi connectivity index (χ4n) is 2.10. The minimum absolute atomic E-state index is 0.349. The molecule has 0 unspecified atom stereocenters. The number of likely N-dealkylation sites (tertiary alicyclic amines) is 1. The summed E-state index contributed by atoms with van der Waals surface area (Å²) >= 11 is 0. The number of carbonyl (C=O) groups excluding carboxylic acids is 2. The summed E-state index contributed by atoms with van der Waals surface area (Å²) in [5.41, 5.74) is -0.680. The van der Waals surface area contributed by atoms with Crippen LogP contribution in [-0.2, 0) is 9.53 Å². The van der Waals surface area contributed by atoms with Gasteiger partial charge in [0, 0.05) is 12.5 Å². The van der Waals surface area contributed by atoms with Crippen molar-refractivity contribution in [3.05, 3.63) is 0 Å². The molecule has 1 rings (SSSR count). The van der Waals surface area contributed by atoms with Gasteiger partial charge in [-0.25, -0.2) is 13.6 Å². The smallest absolute Gasteiger partial charge is 0.408 e. The quantitative estimate of drug-likeness (QED) is 0.848. The zero-order valence-corrected chi connectivity index (χ0v) is 12.5. The van der Waals surface area contributed by atoms with Crippen LogP contribution in [0.25, 0.3) is 0 Å². The van der Waals surface area contributed by atoms with E-state index in [0.717, 1.165) is 4.90 Å². The molecule has 0 bridgehead atoms. The van der Waals surface area contributed by atoms with Gasteiger partial charge in [-0.15, -0.1) is 0 Å². The van der Waals surface area contributed by atoms with Crippen LogP contribution in [0.1, 0.15) is 41.0 Å². The second-order valence-corrected chi connectivity index (χ2v) is 6.24. The van der Waals surface area contributed by atoms with E-state index in [1.807, 2.05) is 0 Å². The lowest BCUT2D eigenvalue weighted by atomic mass is 10.2. The van der Waals surface area contributed by atoms with E-state index in [9.17, 15) is 18.4 Å². The average molecular weight is 292 g/mol. The third-order valence-electron chi connectivity index (χ3n) is 2.91. The second-order valence-electron chi connectivity index (χ2n) is 6.24. The molecule has 2 amide bonds. The number of ether oxygens (including phenoxy) is 1. The molecule has 1 aliphatic rings. The van der Waals surface area contributed by atoms with Crippen LogP contribution in [0.15, 0.2) is 0 Å². The van der Waals surface area contributed by atoms with Crippen molar-refractivity contribution in [3.63, 3.8) is 0 Å². The third kappa shape index (κ3) is 4.61. The van der Waals surface area contributed by atoms with Crippen LogP contribution in [0.3, 0.4) is 0 Å². The molecular formula is C13H22F2N2O3. The van der Waals surface area contributed by atoms with Crippen LogP contribution in [0.5, 0.6) is 0 Å². The molecule has 0 aliphatic carbocycles. The summed E-state index contributed by atoms with van der Waals surface area (Å²) in [5.74, 6) is -3.39. The monoisotopic (exact) mass is 292 g/mol. The van der Waals surface area contributed by atoms with Crippen molar-refractivity contribution in [1.29, 1.82) is 0 Å². The molecule has 0 aromatic rings. The first-order valence-corrected chi connectivity index (χ1v) is 6.59. The number of rotatable bonds is 2. The Morgan fingerprint density at radius 2 is 1.95 bits per heavy atom. The number of carbonyl (C=O) groups is 2. The molecule has 20 heavy (non-hydrogen) atoms. The summed E-state index contributed by atoms with van der Waals surface area (Å²) in [4.78, 5) is 24.7. The summed E-state index contributed by atoms with van der Waals surface area (Å²) in [6, 6.07) is -1.44. The van der Waals surface area contributed by atoms with Crippen LogP contribution in [-0.4, -0.2) is 47.1 Å². The largest absolute Gasteiger partial charge is 0.444 e. The predicted molar refractivity (Wildman–Crippen MR) is 69.6 cm³/mol. The van der Waals surface area contributed by atoms with E-state index in [-0.39, 0.29) is 6.42 Å². The Balaban J connectivity index is 2.58. The highest BCUT2D eigenvalue weighted by molar-refractivity contribution is 5.85. The molecule has 1 fully saturated rings. The Kier molecular flexibility index (Phi) is 4.61. The summed E-state index contributed by atoms with van der Waals surface area (Å²) < 4.78 is 31.5. The molecule has 0 aromatic heterocycles. The number of hydrogen-bond donors (Lipinski definition) is 1. The minimum Gasteiger partial charge on any atom is -0.444 e. The fourth-order valence-corrected chi connectivity index (χ4v) is 2.10. The van der Waals surface area contributed by atoms with Gasteiger partial charge >= 0.3 is 6.09 Å². The van der Waals surface area contributed by atoms with Gasteiger partial charge in [-0.2, -0.15) is 0 Å². The van der Waals surface area contributed by atoms with Gasteiger partial charge in [0.1, 0.15) is 11.6 Å². The molecule has 1 N–H and O–H groups in total. The van der Waals surface area contributed by atoms with Gasteiger partial charge in [-0.1, -0.05) is 0 Å². The van der Waals surface area contributed by atoms with Crippen molar-refractivity contribution < 1.29 is 23.1 Å². The molecule has 1 saturated heterocycles. The van der Waals surface area contributed by atoms with Gasteiger partial charge in [-0.3, -0.25) is 4.79 Å². The van der Waals surface area contributed by atoms with Crippen LogP contribution >= 0.6 is 0 Å². The molecule has 116 valence electrons. The maximum absolute atomic E-state index is 13.2. The molecule has 0 aromatic carbocycles. The molecular weight excluding hydrogens is 270 g/mol. The molecule has 0 saturated carbocycles. The normalized spacial score (nSPS) is 23.4. The van der Waals surface area contributed by atoms with E-state index in [1.54, 1.807) is 27.7 Å². The standard InChI is InChI=1S/C13H22F2N2O3/c1-8-6-13(14,15)7-17(8)10(18)9(2)16-11(19)20-12(3,4)5/h8-9H,6-7H2,1-5H3,(H,16,19)/t8-,9-/m1/s1. The third-order valence-corrected chi connectivity index (χ3v) is 2.91. The highest BCUT2D eigenvalue weighted by Gasteiger charge is 2.45. The Morgan fingerprint density at radius 3 is 2.35 bits per heavy atom. The lowest BCUT2D eigenvalue weighted by molar-refractivity contribution is -0.134. The van der Waals surface area contributed by atoms with E-state index in [2.05, 4.69) is 5.32 Å². The maximum atomic E-state index is 13.2. The fraction of sp³-hybridized carbons (Fsp3) is 0.846. The van der Waals surface area contributed by atoms with Crippen LogP contribution in [0.2, 0.25) is 0 Å². The van der Waals surface area contributed by atoms with Crippen molar-refractivity contribution in [2.75, 3.05) is 6.54 Å². The average Bonchev–Trinajstić information content (AvgIpc) is 2.47. The summed E-state index contributed by atoms with van der Waals surface area (Å²) in [6.45, 7) is 7.51. The van der Waals surface area contributed by atoms with Gasteiger partial charge in [0.05, 0.1) is 6.54 Å². The molecule has 2 atom stereocenters. The van der Waals surface area contributed by atoms with E-state index < -0.39 is 42.2 Å². The Morgan fingerprint density at radius 1 is 1.40 bits per heavy atom. The zero-order valence-electron chi connectivity index (χ0n) is 12.5. The first-order valence-electron chi connectivity index (χ1n) is 6.59. The van der Waals surface area contributed by atoms with E-state index in [4.69, 9.17) is 4.74 Å². The predicted octanol–water partition coefficient (Wildman–Crippen LogP) is 2.16. The van der Waals surface area contributed by atoms with Crippen molar-refractivity contribution in [2.45, 2.75) is 64.6 Å². The van der Waals surface area contributed by atoms with Gasteiger partial charge in [-0.05, 0) is 34.6 Å². The van der Waals surface area contributed by atoms with Gasteiger partial charge in [0.15, 0.2) is 0 Å². The second kappa shape index (κ2) is 5.54. The van der Waals surface area contributed by atoms with Gasteiger partial charge < -0.3 is 15.0 Å². The number of alkyl halides is 2. The van der Waals surface area contributed by atoms with E-state index in [1.165, 1.54) is 6.92 Å². The van der Waals surface area contributed by atoms with Gasteiger partial charge in [0.2, 0.25) is 5.91 Å². The van der Waals surface area contributed by atoms with Crippen LogP contribution in [0, 0.1) is 0 Å². The summed E-state index contributed by atoms with van der Waals surface area (Å²) in [6.07, 6.45) is -1.09. The highest BCUT2D eigenvalue weighted by Crippen LogP contribution is 2.32. The lowest BCUT2D eigenvalue weighted by Gasteiger charge is -2.26.